The van der Waals surface area contributed by atoms with Crippen LogP contribution in [0.3, 0.4) is 0 Å². The molecule has 0 N–H and O–H groups in total. The van der Waals surface area contributed by atoms with Crippen LogP contribution in [0, 0.1) is 0 Å². The Kier molecular flexibility index (Phi) is 4.84. The highest BCUT2D eigenvalue weighted by Gasteiger charge is 2.20. The van der Waals surface area contributed by atoms with E-state index in [9.17, 15) is 0 Å². The van der Waals surface area contributed by atoms with Crippen molar-refractivity contribution in [1.82, 2.24) is 9.97 Å². The van der Waals surface area contributed by atoms with E-state index in [1.165, 1.54) is 0 Å². The van der Waals surface area contributed by atoms with Crippen LogP contribution in [-0.4, -0.2) is 16.6 Å². The predicted molar refractivity (Wildman–Crippen MR) is 87.0 cm³/mol. The maximum Gasteiger partial charge on any atom is 0.136 e. The van der Waals surface area contributed by atoms with Crippen molar-refractivity contribution in [1.29, 1.82) is 0 Å². The molecule has 0 aliphatic rings. The monoisotopic (exact) mass is 304 g/mol. The van der Waals surface area contributed by atoms with Crippen LogP contribution < -0.4 is 4.74 Å². The zero-order chi connectivity index (χ0) is 15.5. The maximum absolute atomic E-state index is 6.17. The SMILES string of the molecule is CCCOc1ccccc1-c1cc(Cl)nc(C(C)(C)C)n1. The average molecular weight is 305 g/mol. The minimum atomic E-state index is -0.154. The summed E-state index contributed by atoms with van der Waals surface area (Å²) in [5, 5.41) is 0.454. The summed E-state index contributed by atoms with van der Waals surface area (Å²) >= 11 is 6.17. The summed E-state index contributed by atoms with van der Waals surface area (Å²) in [6.45, 7) is 8.98. The Labute approximate surface area is 131 Å². The molecule has 0 atom stereocenters. The lowest BCUT2D eigenvalue weighted by atomic mass is 9.95. The van der Waals surface area contributed by atoms with Gasteiger partial charge in [-0.25, -0.2) is 9.97 Å². The van der Waals surface area contributed by atoms with Gasteiger partial charge in [0, 0.05) is 17.0 Å². The molecule has 1 aromatic carbocycles. The standard InChI is InChI=1S/C17H21ClN2O/c1-5-10-21-14-9-7-6-8-12(14)13-11-15(18)20-16(19-13)17(2,3)4/h6-9,11H,5,10H2,1-4H3. The number of halogens is 1. The summed E-state index contributed by atoms with van der Waals surface area (Å²) < 4.78 is 5.80. The summed E-state index contributed by atoms with van der Waals surface area (Å²) in [7, 11) is 0. The molecule has 112 valence electrons. The van der Waals surface area contributed by atoms with Crippen molar-refractivity contribution < 1.29 is 4.74 Å². The fraction of sp³-hybridized carbons (Fsp3) is 0.412. The normalized spacial score (nSPS) is 11.5. The number of para-hydroxylation sites is 1. The van der Waals surface area contributed by atoms with Gasteiger partial charge in [0.2, 0.25) is 0 Å². The predicted octanol–water partition coefficient (Wildman–Crippen LogP) is 4.88. The van der Waals surface area contributed by atoms with E-state index in [2.05, 4.69) is 37.7 Å². The molecule has 0 bridgehead atoms. The second kappa shape index (κ2) is 6.44. The van der Waals surface area contributed by atoms with E-state index in [1.807, 2.05) is 24.3 Å². The quantitative estimate of drug-likeness (QED) is 0.755. The van der Waals surface area contributed by atoms with Gasteiger partial charge in [-0.15, -0.1) is 0 Å². The molecule has 0 amide bonds. The molecule has 2 aromatic rings. The van der Waals surface area contributed by atoms with E-state index in [1.54, 1.807) is 6.07 Å². The van der Waals surface area contributed by atoms with Crippen LogP contribution in [0.2, 0.25) is 5.15 Å². The first-order chi connectivity index (χ1) is 9.91. The minimum Gasteiger partial charge on any atom is -0.493 e. The lowest BCUT2D eigenvalue weighted by Gasteiger charge is -2.18. The van der Waals surface area contributed by atoms with Crippen molar-refractivity contribution >= 4 is 11.6 Å². The van der Waals surface area contributed by atoms with Gasteiger partial charge in [0.05, 0.1) is 12.3 Å². The van der Waals surface area contributed by atoms with Crippen molar-refractivity contribution in [3.05, 3.63) is 41.3 Å². The lowest BCUT2D eigenvalue weighted by molar-refractivity contribution is 0.318. The Morgan fingerprint density at radius 3 is 2.52 bits per heavy atom. The number of aromatic nitrogens is 2. The molecule has 0 aliphatic heterocycles. The molecule has 0 saturated carbocycles. The Bertz CT molecular complexity index is 620. The Morgan fingerprint density at radius 2 is 1.86 bits per heavy atom. The molecule has 3 nitrogen and oxygen atoms in total. The first kappa shape index (κ1) is 15.8. The first-order valence-electron chi connectivity index (χ1n) is 7.19. The molecule has 1 aromatic heterocycles. The summed E-state index contributed by atoms with van der Waals surface area (Å²) in [5.74, 6) is 1.56. The van der Waals surface area contributed by atoms with Crippen molar-refractivity contribution in [3.63, 3.8) is 0 Å². The number of hydrogen-bond donors (Lipinski definition) is 0. The summed E-state index contributed by atoms with van der Waals surface area (Å²) in [6, 6.07) is 9.67. The summed E-state index contributed by atoms with van der Waals surface area (Å²) in [4.78, 5) is 9.00. The van der Waals surface area contributed by atoms with E-state index in [4.69, 9.17) is 16.3 Å². The fourth-order valence-electron chi connectivity index (χ4n) is 1.91. The molecule has 0 radical (unpaired) electrons. The highest BCUT2D eigenvalue weighted by atomic mass is 35.5. The highest BCUT2D eigenvalue weighted by Crippen LogP contribution is 2.31. The van der Waals surface area contributed by atoms with Gasteiger partial charge in [-0.05, 0) is 18.6 Å². The van der Waals surface area contributed by atoms with Crippen molar-refractivity contribution in [3.8, 4) is 17.0 Å². The highest BCUT2D eigenvalue weighted by molar-refractivity contribution is 6.29. The Balaban J connectivity index is 2.49. The zero-order valence-corrected chi connectivity index (χ0v) is 13.7. The Hall–Kier alpha value is -1.61. The number of rotatable bonds is 4. The van der Waals surface area contributed by atoms with Crippen LogP contribution in [0.4, 0.5) is 0 Å². The van der Waals surface area contributed by atoms with E-state index < -0.39 is 0 Å². The van der Waals surface area contributed by atoms with Crippen LogP contribution in [-0.2, 0) is 5.41 Å². The maximum atomic E-state index is 6.17. The topological polar surface area (TPSA) is 35.0 Å². The second-order valence-electron chi connectivity index (χ2n) is 5.99. The van der Waals surface area contributed by atoms with Crippen LogP contribution in [0.5, 0.6) is 5.75 Å². The van der Waals surface area contributed by atoms with Gasteiger partial charge in [-0.2, -0.15) is 0 Å². The molecule has 0 fully saturated rings. The zero-order valence-electron chi connectivity index (χ0n) is 13.0. The number of ether oxygens (including phenoxy) is 1. The third-order valence-electron chi connectivity index (χ3n) is 2.99. The number of benzene rings is 1. The van der Waals surface area contributed by atoms with Gasteiger partial charge < -0.3 is 4.74 Å². The largest absolute Gasteiger partial charge is 0.493 e. The van der Waals surface area contributed by atoms with E-state index in [0.29, 0.717) is 11.8 Å². The Morgan fingerprint density at radius 1 is 1.14 bits per heavy atom. The molecule has 2 rings (SSSR count). The number of nitrogens with zero attached hydrogens (tertiary/aromatic N) is 2. The van der Waals surface area contributed by atoms with Gasteiger partial charge >= 0.3 is 0 Å². The molecule has 1 heterocycles. The second-order valence-corrected chi connectivity index (χ2v) is 6.38. The van der Waals surface area contributed by atoms with Gasteiger partial charge in [0.25, 0.3) is 0 Å². The van der Waals surface area contributed by atoms with Crippen molar-refractivity contribution in [2.45, 2.75) is 39.5 Å². The van der Waals surface area contributed by atoms with Crippen LogP contribution >= 0.6 is 11.6 Å². The van der Waals surface area contributed by atoms with Crippen LogP contribution in [0.1, 0.15) is 39.9 Å². The third-order valence-corrected chi connectivity index (χ3v) is 3.18. The first-order valence-corrected chi connectivity index (χ1v) is 7.57. The van der Waals surface area contributed by atoms with E-state index >= 15 is 0 Å². The fourth-order valence-corrected chi connectivity index (χ4v) is 2.09. The van der Waals surface area contributed by atoms with Gasteiger partial charge in [0.1, 0.15) is 16.7 Å². The lowest BCUT2D eigenvalue weighted by Crippen LogP contribution is -2.16. The van der Waals surface area contributed by atoms with Crippen LogP contribution in [0.15, 0.2) is 30.3 Å². The average Bonchev–Trinajstić information content (AvgIpc) is 2.44. The van der Waals surface area contributed by atoms with Gasteiger partial charge in [-0.3, -0.25) is 0 Å². The molecule has 0 aliphatic carbocycles. The summed E-state index contributed by atoms with van der Waals surface area (Å²) in [5.41, 5.74) is 1.59. The smallest absolute Gasteiger partial charge is 0.136 e. The number of hydrogen-bond acceptors (Lipinski definition) is 3. The molecule has 21 heavy (non-hydrogen) atoms. The van der Waals surface area contributed by atoms with E-state index in [-0.39, 0.29) is 5.41 Å². The van der Waals surface area contributed by atoms with Gasteiger partial charge in [-0.1, -0.05) is 51.4 Å². The molecular weight excluding hydrogens is 284 g/mol. The molecule has 0 unspecified atom stereocenters. The molecule has 0 spiro atoms. The molecule has 4 heteroatoms. The third kappa shape index (κ3) is 3.94. The van der Waals surface area contributed by atoms with Crippen molar-refractivity contribution in [2.75, 3.05) is 6.61 Å². The summed E-state index contributed by atoms with van der Waals surface area (Å²) in [6.07, 6.45) is 0.964. The van der Waals surface area contributed by atoms with Crippen LogP contribution in [0.25, 0.3) is 11.3 Å². The molecular formula is C17H21ClN2O. The minimum absolute atomic E-state index is 0.154. The van der Waals surface area contributed by atoms with E-state index in [0.717, 1.165) is 29.3 Å². The van der Waals surface area contributed by atoms with Crippen molar-refractivity contribution in [2.24, 2.45) is 0 Å². The molecule has 0 saturated heterocycles. The van der Waals surface area contributed by atoms with Gasteiger partial charge in [0.15, 0.2) is 0 Å².